The average molecular weight is 307 g/mol. The van der Waals surface area contributed by atoms with Crippen LogP contribution in [0.2, 0.25) is 0 Å². The molecular formula is C15H18FN3OS. The van der Waals surface area contributed by atoms with Gasteiger partial charge in [-0.2, -0.15) is 5.10 Å². The number of unbranched alkanes of at least 4 members (excludes halogenated alkanes) is 1. The van der Waals surface area contributed by atoms with Crippen molar-refractivity contribution in [2.75, 3.05) is 12.0 Å². The smallest absolute Gasteiger partial charge is 0.203 e. The zero-order chi connectivity index (χ0) is 15.1. The summed E-state index contributed by atoms with van der Waals surface area (Å²) in [4.78, 5) is 4.22. The lowest BCUT2D eigenvalue weighted by Crippen LogP contribution is -1.98. The van der Waals surface area contributed by atoms with E-state index in [4.69, 9.17) is 4.74 Å². The van der Waals surface area contributed by atoms with Crippen molar-refractivity contribution in [3.05, 3.63) is 40.7 Å². The number of hydrogen-bond donors (Lipinski definition) is 1. The van der Waals surface area contributed by atoms with Gasteiger partial charge in [-0.05, 0) is 25.5 Å². The van der Waals surface area contributed by atoms with E-state index in [1.54, 1.807) is 12.3 Å². The minimum Gasteiger partial charge on any atom is -0.493 e. The summed E-state index contributed by atoms with van der Waals surface area (Å²) in [7, 11) is 0. The molecule has 0 saturated heterocycles. The van der Waals surface area contributed by atoms with Crippen molar-refractivity contribution in [1.29, 1.82) is 0 Å². The fraction of sp³-hybridized carbons (Fsp3) is 0.333. The van der Waals surface area contributed by atoms with Crippen LogP contribution in [0.4, 0.5) is 9.52 Å². The molecule has 4 nitrogen and oxygen atoms in total. The summed E-state index contributed by atoms with van der Waals surface area (Å²) < 4.78 is 19.0. The van der Waals surface area contributed by atoms with Gasteiger partial charge in [-0.1, -0.05) is 13.3 Å². The molecule has 0 amide bonds. The molecule has 1 aromatic carbocycles. The van der Waals surface area contributed by atoms with Gasteiger partial charge in [0, 0.05) is 17.0 Å². The van der Waals surface area contributed by atoms with Crippen LogP contribution in [-0.2, 0) is 0 Å². The first kappa shape index (κ1) is 15.4. The van der Waals surface area contributed by atoms with E-state index in [1.807, 2.05) is 12.3 Å². The molecule has 0 aliphatic heterocycles. The Bertz CT molecular complexity index is 613. The Hall–Kier alpha value is -1.95. The van der Waals surface area contributed by atoms with Crippen molar-refractivity contribution in [2.45, 2.75) is 26.7 Å². The van der Waals surface area contributed by atoms with E-state index in [0.29, 0.717) is 23.1 Å². The molecule has 112 valence electrons. The first-order valence-electron chi connectivity index (χ1n) is 6.82. The molecule has 6 heteroatoms. The summed E-state index contributed by atoms with van der Waals surface area (Å²) >= 11 is 1.47. The van der Waals surface area contributed by atoms with Crippen molar-refractivity contribution in [3.63, 3.8) is 0 Å². The molecule has 0 bridgehead atoms. The minimum atomic E-state index is -0.337. The molecule has 1 heterocycles. The van der Waals surface area contributed by atoms with Gasteiger partial charge >= 0.3 is 0 Å². The number of hydrogen-bond acceptors (Lipinski definition) is 5. The lowest BCUT2D eigenvalue weighted by atomic mass is 10.2. The number of aryl methyl sites for hydroxylation is 1. The highest BCUT2D eigenvalue weighted by Gasteiger charge is 2.01. The second kappa shape index (κ2) is 7.73. The largest absolute Gasteiger partial charge is 0.493 e. The van der Waals surface area contributed by atoms with Crippen LogP contribution in [-0.4, -0.2) is 17.8 Å². The monoisotopic (exact) mass is 307 g/mol. The van der Waals surface area contributed by atoms with Gasteiger partial charge in [-0.15, -0.1) is 11.3 Å². The maximum atomic E-state index is 13.5. The number of rotatable bonds is 7. The molecular weight excluding hydrogens is 289 g/mol. The van der Waals surface area contributed by atoms with Gasteiger partial charge in [0.25, 0.3) is 0 Å². The number of halogens is 1. The highest BCUT2D eigenvalue weighted by atomic mass is 32.1. The van der Waals surface area contributed by atoms with E-state index >= 15 is 0 Å². The molecule has 0 saturated carbocycles. The fourth-order valence-corrected chi connectivity index (χ4v) is 2.28. The average Bonchev–Trinajstić information content (AvgIpc) is 2.84. The van der Waals surface area contributed by atoms with Crippen LogP contribution in [0.15, 0.2) is 28.7 Å². The molecule has 1 aromatic heterocycles. The third-order valence-electron chi connectivity index (χ3n) is 2.65. The fourth-order valence-electron chi connectivity index (χ4n) is 1.64. The van der Waals surface area contributed by atoms with Crippen molar-refractivity contribution >= 4 is 22.7 Å². The van der Waals surface area contributed by atoms with Crippen LogP contribution in [0.5, 0.6) is 5.75 Å². The van der Waals surface area contributed by atoms with Crippen LogP contribution in [0.25, 0.3) is 0 Å². The number of thiazole rings is 1. The molecule has 2 aromatic rings. The molecule has 0 radical (unpaired) electrons. The molecule has 0 spiro atoms. The van der Waals surface area contributed by atoms with Gasteiger partial charge < -0.3 is 4.74 Å². The van der Waals surface area contributed by atoms with Crippen molar-refractivity contribution in [2.24, 2.45) is 5.10 Å². The normalized spacial score (nSPS) is 11.0. The van der Waals surface area contributed by atoms with E-state index in [0.717, 1.165) is 18.5 Å². The summed E-state index contributed by atoms with van der Waals surface area (Å²) in [5, 5.41) is 6.69. The summed E-state index contributed by atoms with van der Waals surface area (Å²) in [6, 6.07) is 4.55. The van der Waals surface area contributed by atoms with E-state index in [9.17, 15) is 4.39 Å². The Kier molecular flexibility index (Phi) is 5.68. The van der Waals surface area contributed by atoms with Crippen molar-refractivity contribution < 1.29 is 9.13 Å². The number of nitrogens with one attached hydrogen (secondary N) is 1. The maximum Gasteiger partial charge on any atom is 0.203 e. The molecule has 0 fully saturated rings. The van der Waals surface area contributed by atoms with Crippen LogP contribution in [0, 0.1) is 12.7 Å². The van der Waals surface area contributed by atoms with E-state index in [2.05, 4.69) is 22.4 Å². The van der Waals surface area contributed by atoms with Crippen LogP contribution in [0.1, 0.15) is 31.0 Å². The van der Waals surface area contributed by atoms with Gasteiger partial charge in [0.05, 0.1) is 18.5 Å². The van der Waals surface area contributed by atoms with E-state index < -0.39 is 0 Å². The molecule has 2 rings (SSSR count). The van der Waals surface area contributed by atoms with E-state index in [-0.39, 0.29) is 5.82 Å². The van der Waals surface area contributed by atoms with Crippen LogP contribution in [0.3, 0.4) is 0 Å². The predicted molar refractivity (Wildman–Crippen MR) is 84.9 cm³/mol. The number of hydrazone groups is 1. The quantitative estimate of drug-likeness (QED) is 0.473. The number of nitrogens with zero attached hydrogens (tertiary/aromatic N) is 2. The Morgan fingerprint density at radius 2 is 2.29 bits per heavy atom. The molecule has 21 heavy (non-hydrogen) atoms. The Morgan fingerprint density at radius 1 is 1.43 bits per heavy atom. The number of benzene rings is 1. The second-order valence-electron chi connectivity index (χ2n) is 4.59. The second-order valence-corrected chi connectivity index (χ2v) is 5.44. The Morgan fingerprint density at radius 3 is 3.00 bits per heavy atom. The zero-order valence-electron chi connectivity index (χ0n) is 12.1. The van der Waals surface area contributed by atoms with Crippen LogP contribution >= 0.6 is 11.3 Å². The van der Waals surface area contributed by atoms with Gasteiger partial charge in [0.15, 0.2) is 0 Å². The summed E-state index contributed by atoms with van der Waals surface area (Å²) in [6.07, 6.45) is 3.54. The lowest BCUT2D eigenvalue weighted by Gasteiger charge is -2.06. The number of ether oxygens (including phenoxy) is 1. The highest BCUT2D eigenvalue weighted by molar-refractivity contribution is 7.13. The first-order chi connectivity index (χ1) is 10.2. The predicted octanol–water partition coefficient (Wildman–Crippen LogP) is 4.22. The van der Waals surface area contributed by atoms with Gasteiger partial charge in [-0.25, -0.2) is 9.37 Å². The number of aromatic nitrogens is 1. The Balaban J connectivity index is 1.98. The van der Waals surface area contributed by atoms with Gasteiger partial charge in [0.2, 0.25) is 5.13 Å². The minimum absolute atomic E-state index is 0.337. The lowest BCUT2D eigenvalue weighted by molar-refractivity contribution is 0.308. The molecule has 0 unspecified atom stereocenters. The molecule has 0 aliphatic carbocycles. The topological polar surface area (TPSA) is 46.5 Å². The summed E-state index contributed by atoms with van der Waals surface area (Å²) in [5.41, 5.74) is 4.40. The maximum absolute atomic E-state index is 13.5. The SMILES string of the molecule is CCCCOc1cc(F)cc(C=NNc2nc(C)cs2)c1. The molecule has 0 atom stereocenters. The van der Waals surface area contributed by atoms with Crippen molar-refractivity contribution in [1.82, 2.24) is 4.98 Å². The third kappa shape index (κ3) is 5.15. The molecule has 1 N–H and O–H groups in total. The van der Waals surface area contributed by atoms with E-state index in [1.165, 1.54) is 23.5 Å². The summed E-state index contributed by atoms with van der Waals surface area (Å²) in [6.45, 7) is 4.59. The zero-order valence-corrected chi connectivity index (χ0v) is 12.9. The van der Waals surface area contributed by atoms with Gasteiger partial charge in [-0.3, -0.25) is 5.43 Å². The first-order valence-corrected chi connectivity index (χ1v) is 7.70. The van der Waals surface area contributed by atoms with Crippen LogP contribution < -0.4 is 10.2 Å². The third-order valence-corrected chi connectivity index (χ3v) is 3.52. The molecule has 0 aliphatic rings. The highest BCUT2D eigenvalue weighted by Crippen LogP contribution is 2.17. The summed E-state index contributed by atoms with van der Waals surface area (Å²) in [5.74, 6) is 0.186. The number of anilines is 1. The standard InChI is InChI=1S/C15H18FN3OS/c1-3-4-5-20-14-7-12(6-13(16)8-14)9-17-19-15-18-11(2)10-21-15/h6-10H,3-5H2,1-2H3,(H,18,19). The Labute approximate surface area is 127 Å². The van der Waals surface area contributed by atoms with Crippen molar-refractivity contribution in [3.8, 4) is 5.75 Å². The van der Waals surface area contributed by atoms with Gasteiger partial charge in [0.1, 0.15) is 11.6 Å².